The van der Waals surface area contributed by atoms with Crippen LogP contribution in [0.1, 0.15) is 31.1 Å². The van der Waals surface area contributed by atoms with Gasteiger partial charge in [0.15, 0.2) is 5.82 Å². The molecule has 29 heavy (non-hydrogen) atoms. The smallest absolute Gasteiger partial charge is 0.159 e. The number of aromatic nitrogens is 4. The minimum atomic E-state index is -0.213. The Labute approximate surface area is 169 Å². The molecular weight excluding hydrogens is 371 g/mol. The molecule has 0 radical (unpaired) electrons. The summed E-state index contributed by atoms with van der Waals surface area (Å²) in [7, 11) is 2.09. The van der Waals surface area contributed by atoms with Gasteiger partial charge in [-0.25, -0.2) is 14.1 Å². The van der Waals surface area contributed by atoms with Gasteiger partial charge in [-0.15, -0.1) is 0 Å². The van der Waals surface area contributed by atoms with E-state index in [1.54, 1.807) is 6.07 Å². The molecule has 154 valence electrons. The SMILES string of the molecule is Cc1cn(C2CCCCO2)nc1-c1nc2cc(N3CCN(C)CC3)c(F)cc2[nH]1. The molecule has 0 spiro atoms. The van der Waals surface area contributed by atoms with Crippen LogP contribution in [0, 0.1) is 12.7 Å². The van der Waals surface area contributed by atoms with Crippen molar-refractivity contribution in [2.75, 3.05) is 44.7 Å². The fourth-order valence-corrected chi connectivity index (χ4v) is 4.22. The predicted octanol–water partition coefficient (Wildman–Crippen LogP) is 3.32. The Hall–Kier alpha value is -2.45. The molecule has 1 N–H and O–H groups in total. The van der Waals surface area contributed by atoms with Crippen molar-refractivity contribution in [3.8, 4) is 11.5 Å². The van der Waals surface area contributed by atoms with Gasteiger partial charge in [-0.2, -0.15) is 5.10 Å². The van der Waals surface area contributed by atoms with Gasteiger partial charge >= 0.3 is 0 Å². The topological polar surface area (TPSA) is 62.2 Å². The molecule has 5 rings (SSSR count). The van der Waals surface area contributed by atoms with E-state index < -0.39 is 0 Å². The van der Waals surface area contributed by atoms with E-state index in [0.29, 0.717) is 17.0 Å². The Morgan fingerprint density at radius 3 is 2.76 bits per heavy atom. The number of benzene rings is 1. The van der Waals surface area contributed by atoms with Gasteiger partial charge in [0.1, 0.15) is 17.7 Å². The summed E-state index contributed by atoms with van der Waals surface area (Å²) in [6.07, 6.45) is 5.23. The number of nitrogens with one attached hydrogen (secondary N) is 1. The number of hydrogen-bond acceptors (Lipinski definition) is 5. The van der Waals surface area contributed by atoms with Crippen LogP contribution in [0.2, 0.25) is 0 Å². The molecule has 2 saturated heterocycles. The van der Waals surface area contributed by atoms with Crippen molar-refractivity contribution in [2.45, 2.75) is 32.4 Å². The van der Waals surface area contributed by atoms with Gasteiger partial charge in [0.25, 0.3) is 0 Å². The molecule has 8 heteroatoms. The maximum Gasteiger partial charge on any atom is 0.159 e. The lowest BCUT2D eigenvalue weighted by Crippen LogP contribution is -2.44. The number of aryl methyl sites for hydroxylation is 1. The van der Waals surface area contributed by atoms with Gasteiger partial charge in [-0.1, -0.05) is 0 Å². The van der Waals surface area contributed by atoms with Gasteiger partial charge < -0.3 is 19.5 Å². The van der Waals surface area contributed by atoms with Crippen LogP contribution >= 0.6 is 0 Å². The molecule has 1 atom stereocenters. The zero-order valence-corrected chi connectivity index (χ0v) is 17.0. The first-order valence-corrected chi connectivity index (χ1v) is 10.4. The Bertz CT molecular complexity index is 1010. The highest BCUT2D eigenvalue weighted by Gasteiger charge is 2.22. The number of aromatic amines is 1. The van der Waals surface area contributed by atoms with Crippen LogP contribution in [0.15, 0.2) is 18.3 Å². The third-order valence-electron chi connectivity index (χ3n) is 5.98. The van der Waals surface area contributed by atoms with Crippen molar-refractivity contribution in [3.05, 3.63) is 29.7 Å². The van der Waals surface area contributed by atoms with Gasteiger partial charge in [-0.3, -0.25) is 0 Å². The van der Waals surface area contributed by atoms with Crippen LogP contribution in [0.25, 0.3) is 22.6 Å². The summed E-state index contributed by atoms with van der Waals surface area (Å²) in [6, 6.07) is 3.41. The van der Waals surface area contributed by atoms with Gasteiger partial charge in [0.2, 0.25) is 0 Å². The molecule has 7 nitrogen and oxygen atoms in total. The van der Waals surface area contributed by atoms with E-state index in [9.17, 15) is 4.39 Å². The van der Waals surface area contributed by atoms with Crippen LogP contribution in [-0.2, 0) is 4.74 Å². The van der Waals surface area contributed by atoms with Crippen LogP contribution < -0.4 is 4.90 Å². The van der Waals surface area contributed by atoms with Crippen molar-refractivity contribution in [3.63, 3.8) is 0 Å². The second-order valence-electron chi connectivity index (χ2n) is 8.16. The van der Waals surface area contributed by atoms with Crippen molar-refractivity contribution in [1.82, 2.24) is 24.6 Å². The van der Waals surface area contributed by atoms with E-state index in [1.807, 2.05) is 23.9 Å². The average molecular weight is 398 g/mol. The molecule has 2 aliphatic rings. The highest BCUT2D eigenvalue weighted by molar-refractivity contribution is 5.83. The number of imidazole rings is 1. The lowest BCUT2D eigenvalue weighted by atomic mass is 10.2. The van der Waals surface area contributed by atoms with Crippen molar-refractivity contribution in [1.29, 1.82) is 0 Å². The molecule has 2 aromatic heterocycles. The highest BCUT2D eigenvalue weighted by Crippen LogP contribution is 2.30. The Morgan fingerprint density at radius 2 is 2.00 bits per heavy atom. The molecule has 1 unspecified atom stereocenters. The first-order valence-electron chi connectivity index (χ1n) is 10.4. The Balaban J connectivity index is 1.46. The average Bonchev–Trinajstić information content (AvgIpc) is 3.31. The first kappa shape index (κ1) is 18.6. The quantitative estimate of drug-likeness (QED) is 0.733. The second kappa shape index (κ2) is 7.42. The molecule has 4 heterocycles. The molecule has 1 aromatic carbocycles. The molecule has 0 aliphatic carbocycles. The molecule has 3 aromatic rings. The first-order chi connectivity index (χ1) is 14.1. The summed E-state index contributed by atoms with van der Waals surface area (Å²) in [6.45, 7) is 6.30. The molecule has 0 saturated carbocycles. The van der Waals surface area contributed by atoms with E-state index in [1.165, 1.54) is 0 Å². The number of anilines is 1. The standard InChI is InChI=1S/C21H27FN6O/c1-14-13-28(19-5-3-4-10-29-19)25-20(14)21-23-16-11-15(22)18(12-17(16)24-21)27-8-6-26(2)7-9-27/h11-13,19H,3-10H2,1-2H3,(H,23,24). The Morgan fingerprint density at radius 1 is 1.17 bits per heavy atom. The third-order valence-corrected chi connectivity index (χ3v) is 5.98. The molecule has 0 bridgehead atoms. The van der Waals surface area contributed by atoms with Crippen LogP contribution in [0.4, 0.5) is 10.1 Å². The molecule has 0 amide bonds. The fraction of sp³-hybridized carbons (Fsp3) is 0.524. The molecular formula is C21H27FN6O. The maximum atomic E-state index is 14.8. The molecule has 2 fully saturated rings. The summed E-state index contributed by atoms with van der Waals surface area (Å²) >= 11 is 0. The van der Waals surface area contributed by atoms with E-state index >= 15 is 0 Å². The summed E-state index contributed by atoms with van der Waals surface area (Å²) in [5.41, 5.74) is 3.90. The predicted molar refractivity (Wildman–Crippen MR) is 111 cm³/mol. The van der Waals surface area contributed by atoms with Crippen LogP contribution in [-0.4, -0.2) is 64.5 Å². The zero-order chi connectivity index (χ0) is 20.0. The van der Waals surface area contributed by atoms with Crippen molar-refractivity contribution < 1.29 is 9.13 Å². The van der Waals surface area contributed by atoms with Crippen molar-refractivity contribution in [2.24, 2.45) is 0 Å². The van der Waals surface area contributed by atoms with Crippen LogP contribution in [0.3, 0.4) is 0 Å². The van der Waals surface area contributed by atoms with E-state index in [-0.39, 0.29) is 12.0 Å². The number of likely N-dealkylation sites (N-methyl/N-ethyl adjacent to an activating group) is 1. The minimum absolute atomic E-state index is 0.0122. The third kappa shape index (κ3) is 3.51. The summed E-state index contributed by atoms with van der Waals surface area (Å²) in [4.78, 5) is 12.3. The Kier molecular flexibility index (Phi) is 4.75. The number of nitrogens with zero attached hydrogens (tertiary/aromatic N) is 5. The summed E-state index contributed by atoms with van der Waals surface area (Å²) < 4.78 is 22.5. The largest absolute Gasteiger partial charge is 0.367 e. The number of hydrogen-bond donors (Lipinski definition) is 1. The van der Waals surface area contributed by atoms with Gasteiger partial charge in [0.05, 0.1) is 16.7 Å². The molecule has 2 aliphatic heterocycles. The highest BCUT2D eigenvalue weighted by atomic mass is 19.1. The summed E-state index contributed by atoms with van der Waals surface area (Å²) in [5, 5.41) is 4.73. The lowest BCUT2D eigenvalue weighted by molar-refractivity contribution is -0.0394. The maximum absolute atomic E-state index is 14.8. The lowest BCUT2D eigenvalue weighted by Gasteiger charge is -2.34. The van der Waals surface area contributed by atoms with Crippen molar-refractivity contribution >= 4 is 16.7 Å². The number of rotatable bonds is 3. The number of piperazine rings is 1. The minimum Gasteiger partial charge on any atom is -0.367 e. The number of halogens is 1. The second-order valence-corrected chi connectivity index (χ2v) is 8.16. The van der Waals surface area contributed by atoms with Gasteiger partial charge in [0, 0.05) is 45.0 Å². The monoisotopic (exact) mass is 398 g/mol. The van der Waals surface area contributed by atoms with E-state index in [2.05, 4.69) is 21.8 Å². The summed E-state index contributed by atoms with van der Waals surface area (Å²) in [5.74, 6) is 0.456. The zero-order valence-electron chi connectivity index (χ0n) is 17.0. The number of fused-ring (bicyclic) bond motifs is 1. The number of ether oxygens (including phenoxy) is 1. The van der Waals surface area contributed by atoms with Crippen LogP contribution in [0.5, 0.6) is 0 Å². The fourth-order valence-electron chi connectivity index (χ4n) is 4.22. The number of H-pyrrole nitrogens is 1. The normalized spacial score (nSPS) is 21.2. The van der Waals surface area contributed by atoms with Gasteiger partial charge in [-0.05, 0) is 44.9 Å². The van der Waals surface area contributed by atoms with E-state index in [0.717, 1.165) is 68.8 Å². The van der Waals surface area contributed by atoms with E-state index in [4.69, 9.17) is 14.8 Å².